The lowest BCUT2D eigenvalue weighted by Gasteiger charge is -2.20. The van der Waals surface area contributed by atoms with Crippen LogP contribution in [0.15, 0.2) is 18.3 Å². The molecule has 0 fully saturated rings. The van der Waals surface area contributed by atoms with Crippen LogP contribution in [0.4, 0.5) is 16.2 Å². The summed E-state index contributed by atoms with van der Waals surface area (Å²) in [4.78, 5) is 31.7. The average molecular weight is 426 g/mol. The van der Waals surface area contributed by atoms with Crippen LogP contribution in [0.25, 0.3) is 0 Å². The van der Waals surface area contributed by atoms with E-state index in [1.807, 2.05) is 13.8 Å². The van der Waals surface area contributed by atoms with Crippen LogP contribution in [0.2, 0.25) is 10.4 Å². The molecule has 0 bridgehead atoms. The summed E-state index contributed by atoms with van der Waals surface area (Å²) >= 11 is 11.6. The molecule has 3 N–H and O–H groups in total. The summed E-state index contributed by atoms with van der Waals surface area (Å²) in [5, 5.41) is 2.72. The smallest absolute Gasteiger partial charge is 0.426 e. The van der Waals surface area contributed by atoms with E-state index in [0.717, 1.165) is 11.1 Å². The predicted molar refractivity (Wildman–Crippen MR) is 109 cm³/mol. The number of hydrazine groups is 1. The highest BCUT2D eigenvalue weighted by Crippen LogP contribution is 2.26. The molecule has 150 valence electrons. The molecule has 1 aromatic carbocycles. The minimum absolute atomic E-state index is 0.0346. The second-order valence-corrected chi connectivity index (χ2v) is 7.73. The molecule has 0 aliphatic rings. The lowest BCUT2D eigenvalue weighted by atomic mass is 10.1. The molecule has 2 aromatic rings. The molecule has 0 aliphatic heterocycles. The molecule has 1 aromatic heterocycles. The lowest BCUT2D eigenvalue weighted by Crippen LogP contribution is -2.35. The van der Waals surface area contributed by atoms with Crippen molar-refractivity contribution in [2.24, 2.45) is 0 Å². The van der Waals surface area contributed by atoms with Gasteiger partial charge in [-0.25, -0.2) is 20.2 Å². The van der Waals surface area contributed by atoms with Gasteiger partial charge in [-0.15, -0.1) is 0 Å². The van der Waals surface area contributed by atoms with E-state index in [2.05, 4.69) is 26.1 Å². The first-order valence-electron chi connectivity index (χ1n) is 8.32. The molecular formula is C18H21Cl2N5O3. The molecule has 0 aliphatic carbocycles. The molecule has 10 heteroatoms. The highest BCUT2D eigenvalue weighted by molar-refractivity contribution is 6.34. The number of amides is 2. The number of ether oxygens (including phenoxy) is 1. The van der Waals surface area contributed by atoms with Gasteiger partial charge in [0, 0.05) is 11.9 Å². The van der Waals surface area contributed by atoms with Crippen LogP contribution in [-0.4, -0.2) is 27.6 Å². The summed E-state index contributed by atoms with van der Waals surface area (Å²) < 4.78 is 5.16. The summed E-state index contributed by atoms with van der Waals surface area (Å²) in [6, 6.07) is 3.53. The third-order valence-electron chi connectivity index (χ3n) is 3.44. The predicted octanol–water partition coefficient (Wildman–Crippen LogP) is 4.50. The van der Waals surface area contributed by atoms with Gasteiger partial charge in [-0.3, -0.25) is 10.2 Å². The zero-order valence-corrected chi connectivity index (χ0v) is 17.6. The van der Waals surface area contributed by atoms with E-state index in [4.69, 9.17) is 27.9 Å². The normalized spacial score (nSPS) is 11.0. The van der Waals surface area contributed by atoms with Gasteiger partial charge in [-0.2, -0.15) is 0 Å². The number of aromatic nitrogens is 2. The molecule has 1 heterocycles. The number of benzene rings is 1. The maximum absolute atomic E-state index is 12.5. The van der Waals surface area contributed by atoms with Crippen LogP contribution in [-0.2, 0) is 4.74 Å². The maximum atomic E-state index is 12.5. The molecule has 0 spiro atoms. The van der Waals surface area contributed by atoms with E-state index in [1.54, 1.807) is 32.9 Å². The van der Waals surface area contributed by atoms with Gasteiger partial charge in [-0.05, 0) is 69.5 Å². The molecule has 0 saturated heterocycles. The van der Waals surface area contributed by atoms with Gasteiger partial charge in [0.2, 0.25) is 5.28 Å². The quantitative estimate of drug-likeness (QED) is 0.378. The van der Waals surface area contributed by atoms with Crippen molar-refractivity contribution >= 4 is 46.6 Å². The van der Waals surface area contributed by atoms with Gasteiger partial charge in [-0.1, -0.05) is 11.6 Å². The van der Waals surface area contributed by atoms with Gasteiger partial charge < -0.3 is 10.1 Å². The van der Waals surface area contributed by atoms with E-state index in [1.165, 1.54) is 6.20 Å². The van der Waals surface area contributed by atoms with E-state index >= 15 is 0 Å². The molecular weight excluding hydrogens is 405 g/mol. The number of hydrogen-bond acceptors (Lipinski definition) is 6. The first-order valence-corrected chi connectivity index (χ1v) is 9.07. The van der Waals surface area contributed by atoms with Crippen LogP contribution in [0, 0.1) is 13.8 Å². The van der Waals surface area contributed by atoms with Crippen molar-refractivity contribution in [3.05, 3.63) is 45.5 Å². The van der Waals surface area contributed by atoms with Crippen LogP contribution in [0.1, 0.15) is 42.3 Å². The SMILES string of the molecule is Cc1cc(NNC(=O)OC(C)(C)C)cc(C)c1NC(=O)c1cnc(Cl)nc1Cl. The minimum Gasteiger partial charge on any atom is -0.443 e. The Morgan fingerprint density at radius 1 is 1.11 bits per heavy atom. The van der Waals surface area contributed by atoms with Gasteiger partial charge in [0.25, 0.3) is 5.91 Å². The first kappa shape index (κ1) is 21.7. The minimum atomic E-state index is -0.599. The van der Waals surface area contributed by atoms with Crippen molar-refractivity contribution in [3.63, 3.8) is 0 Å². The fourth-order valence-corrected chi connectivity index (χ4v) is 2.73. The number of aryl methyl sites for hydroxylation is 2. The molecule has 28 heavy (non-hydrogen) atoms. The van der Waals surface area contributed by atoms with E-state index in [9.17, 15) is 9.59 Å². The van der Waals surface area contributed by atoms with E-state index in [0.29, 0.717) is 11.4 Å². The van der Waals surface area contributed by atoms with Gasteiger partial charge in [0.15, 0.2) is 0 Å². The monoisotopic (exact) mass is 425 g/mol. The largest absolute Gasteiger partial charge is 0.443 e. The molecule has 2 amide bonds. The van der Waals surface area contributed by atoms with Crippen LogP contribution < -0.4 is 16.2 Å². The topological polar surface area (TPSA) is 105 Å². The molecule has 8 nitrogen and oxygen atoms in total. The number of halogens is 2. The Balaban J connectivity index is 2.11. The Kier molecular flexibility index (Phi) is 6.69. The summed E-state index contributed by atoms with van der Waals surface area (Å²) in [7, 11) is 0. The van der Waals surface area contributed by atoms with Gasteiger partial charge in [0.1, 0.15) is 10.8 Å². The molecule has 2 rings (SSSR count). The zero-order valence-electron chi connectivity index (χ0n) is 16.1. The van der Waals surface area contributed by atoms with Crippen molar-refractivity contribution in [2.75, 3.05) is 10.7 Å². The summed E-state index contributed by atoms with van der Waals surface area (Å²) in [6.45, 7) is 8.96. The molecule has 0 unspecified atom stereocenters. The standard InChI is InChI=1S/C18H21Cl2N5O3/c1-9-6-11(24-25-17(27)28-18(3,4)5)7-10(2)13(9)22-15(26)12-8-21-16(20)23-14(12)19/h6-8,24H,1-5H3,(H,22,26)(H,25,27). The lowest BCUT2D eigenvalue weighted by molar-refractivity contribution is 0.0541. The number of carbonyl (C=O) groups excluding carboxylic acids is 2. The zero-order chi connectivity index (χ0) is 21.1. The Bertz CT molecular complexity index is 890. The Morgan fingerprint density at radius 3 is 2.25 bits per heavy atom. The van der Waals surface area contributed by atoms with Gasteiger partial charge >= 0.3 is 6.09 Å². The highest BCUT2D eigenvalue weighted by Gasteiger charge is 2.17. The average Bonchev–Trinajstić information content (AvgIpc) is 2.54. The van der Waals surface area contributed by atoms with Crippen molar-refractivity contribution < 1.29 is 14.3 Å². The number of anilines is 2. The van der Waals surface area contributed by atoms with Crippen molar-refractivity contribution in [1.82, 2.24) is 15.4 Å². The maximum Gasteiger partial charge on any atom is 0.426 e. The number of carbonyl (C=O) groups is 2. The van der Waals surface area contributed by atoms with Crippen LogP contribution in [0.3, 0.4) is 0 Å². The Hall–Kier alpha value is -2.58. The summed E-state index contributed by atoms with van der Waals surface area (Å²) in [5.74, 6) is -0.458. The third-order valence-corrected chi connectivity index (χ3v) is 3.91. The number of hydrogen-bond donors (Lipinski definition) is 3. The second-order valence-electron chi connectivity index (χ2n) is 7.03. The van der Waals surface area contributed by atoms with Crippen molar-refractivity contribution in [1.29, 1.82) is 0 Å². The third kappa shape index (κ3) is 5.97. The van der Waals surface area contributed by atoms with E-state index < -0.39 is 17.6 Å². The Morgan fingerprint density at radius 2 is 1.71 bits per heavy atom. The molecule has 0 saturated carbocycles. The van der Waals surface area contributed by atoms with Gasteiger partial charge in [0.05, 0.1) is 11.3 Å². The highest BCUT2D eigenvalue weighted by atomic mass is 35.5. The van der Waals surface area contributed by atoms with Crippen molar-refractivity contribution in [3.8, 4) is 0 Å². The summed E-state index contributed by atoms with van der Waals surface area (Å²) in [5.41, 5.74) is 7.54. The number of nitrogens with zero attached hydrogens (tertiary/aromatic N) is 2. The van der Waals surface area contributed by atoms with Crippen molar-refractivity contribution in [2.45, 2.75) is 40.2 Å². The van der Waals surface area contributed by atoms with Crippen LogP contribution >= 0.6 is 23.2 Å². The molecule has 0 radical (unpaired) electrons. The Labute approximate surface area is 173 Å². The first-order chi connectivity index (χ1) is 13.0. The second kappa shape index (κ2) is 8.62. The number of rotatable bonds is 4. The number of nitrogens with one attached hydrogen (secondary N) is 3. The van der Waals surface area contributed by atoms with E-state index in [-0.39, 0.29) is 16.0 Å². The van der Waals surface area contributed by atoms with Crippen LogP contribution in [0.5, 0.6) is 0 Å². The fraction of sp³-hybridized carbons (Fsp3) is 0.333. The fourth-order valence-electron chi connectivity index (χ4n) is 2.33. The molecule has 0 atom stereocenters. The summed E-state index contributed by atoms with van der Waals surface area (Å²) in [6.07, 6.45) is 0.663.